The maximum atomic E-state index is 12.3. The van der Waals surface area contributed by atoms with Crippen molar-refractivity contribution in [2.24, 2.45) is 5.73 Å². The Labute approximate surface area is 252 Å². The number of para-hydroxylation sites is 2. The minimum Gasteiger partial charge on any atom is -0.332 e. The number of pyridine rings is 1. The predicted octanol–water partition coefficient (Wildman–Crippen LogP) is 9.00. The fourth-order valence-corrected chi connectivity index (χ4v) is 6.69. The van der Waals surface area contributed by atoms with Gasteiger partial charge in [-0.25, -0.2) is 8.42 Å². The summed E-state index contributed by atoms with van der Waals surface area (Å²) in [6, 6.07) is 27.7. The molecule has 0 aliphatic rings. The fraction of sp³-hybridized carbons (Fsp3) is 0.324. The van der Waals surface area contributed by atoms with Crippen LogP contribution in [0.25, 0.3) is 21.8 Å². The zero-order valence-electron chi connectivity index (χ0n) is 23.8. The predicted molar refractivity (Wildman–Crippen MR) is 175 cm³/mol. The first-order valence-corrected chi connectivity index (χ1v) is 16.9. The monoisotopic (exact) mass is 633 g/mol. The number of halogens is 1. The molecule has 0 aliphatic heterocycles. The Bertz CT molecular complexity index is 1630. The van der Waals surface area contributed by atoms with Crippen LogP contribution in [0.15, 0.2) is 107 Å². The summed E-state index contributed by atoms with van der Waals surface area (Å²) in [7, 11) is -3.14. The van der Waals surface area contributed by atoms with Gasteiger partial charge in [-0.3, -0.25) is 4.98 Å². The van der Waals surface area contributed by atoms with Crippen molar-refractivity contribution < 1.29 is 8.42 Å². The number of unbranched alkanes of at least 4 members (excludes halogenated alkanes) is 6. The van der Waals surface area contributed by atoms with Gasteiger partial charge in [0.1, 0.15) is 0 Å². The van der Waals surface area contributed by atoms with Gasteiger partial charge in [0.15, 0.2) is 9.84 Å². The Morgan fingerprint density at radius 2 is 1.44 bits per heavy atom. The normalized spacial score (nSPS) is 12.3. The molecule has 0 fully saturated rings. The van der Waals surface area contributed by atoms with Gasteiger partial charge in [0.2, 0.25) is 0 Å². The van der Waals surface area contributed by atoms with E-state index >= 15 is 0 Å². The summed E-state index contributed by atoms with van der Waals surface area (Å²) < 4.78 is 27.9. The fourth-order valence-electron chi connectivity index (χ4n) is 4.97. The van der Waals surface area contributed by atoms with Crippen LogP contribution in [0.1, 0.15) is 63.1 Å². The highest BCUT2D eigenvalue weighted by Gasteiger charge is 2.13. The molecule has 5 rings (SSSR count). The Hall–Kier alpha value is -3.00. The minimum absolute atomic E-state index is 0.0249. The molecule has 0 aliphatic carbocycles. The highest BCUT2D eigenvalue weighted by atomic mass is 79.9. The standard InChI is InChI=1S/C25H34N2O2S.C9H6BrN/c1-21-14-16-23(17-15-21)30(28,29)20-10-6-4-2-3-5-7-13-25(26)27-19-18-22-11-8-9-12-24(22)27;10-8-5-7-3-1-2-4-9(7)11-6-8/h8-9,11-12,14-19,25H,2-7,10,13,20,26H2,1H3;1-6H. The molecule has 0 bridgehead atoms. The average molecular weight is 635 g/mol. The third-order valence-corrected chi connectivity index (χ3v) is 9.59. The lowest BCUT2D eigenvalue weighted by Crippen LogP contribution is -2.17. The third-order valence-electron chi connectivity index (χ3n) is 7.34. The zero-order valence-corrected chi connectivity index (χ0v) is 26.2. The van der Waals surface area contributed by atoms with Crippen LogP contribution in [0.4, 0.5) is 0 Å². The van der Waals surface area contributed by atoms with Gasteiger partial charge in [0.05, 0.1) is 22.3 Å². The molecule has 5 nitrogen and oxygen atoms in total. The minimum atomic E-state index is -3.14. The summed E-state index contributed by atoms with van der Waals surface area (Å²) in [4.78, 5) is 4.68. The van der Waals surface area contributed by atoms with Crippen LogP contribution in [0.5, 0.6) is 0 Å². The van der Waals surface area contributed by atoms with Crippen molar-refractivity contribution in [3.05, 3.63) is 107 Å². The Balaban J connectivity index is 0.000000291. The first-order chi connectivity index (χ1) is 19.8. The van der Waals surface area contributed by atoms with Crippen molar-refractivity contribution in [3.8, 4) is 0 Å². The first kappa shape index (κ1) is 30.9. The van der Waals surface area contributed by atoms with Crippen LogP contribution in [0.2, 0.25) is 0 Å². The van der Waals surface area contributed by atoms with E-state index in [0.29, 0.717) is 4.90 Å². The van der Waals surface area contributed by atoms with E-state index < -0.39 is 9.84 Å². The van der Waals surface area contributed by atoms with E-state index in [2.05, 4.69) is 68.1 Å². The molecule has 0 saturated carbocycles. The number of hydrogen-bond acceptors (Lipinski definition) is 4. The Kier molecular flexibility index (Phi) is 11.5. The van der Waals surface area contributed by atoms with Crippen LogP contribution in [-0.2, 0) is 9.84 Å². The van der Waals surface area contributed by atoms with Crippen LogP contribution < -0.4 is 5.73 Å². The molecule has 5 aromatic rings. The molecule has 0 saturated heterocycles. The zero-order chi connectivity index (χ0) is 29.1. The molecule has 3 aromatic carbocycles. The Morgan fingerprint density at radius 1 is 0.805 bits per heavy atom. The molecule has 1 unspecified atom stereocenters. The smallest absolute Gasteiger partial charge is 0.178 e. The molecular weight excluding hydrogens is 594 g/mol. The molecular formula is C34H40BrN3O2S. The second-order valence-electron chi connectivity index (χ2n) is 10.6. The number of aromatic nitrogens is 2. The van der Waals surface area contributed by atoms with Gasteiger partial charge in [0.25, 0.3) is 0 Å². The first-order valence-electron chi connectivity index (χ1n) is 14.4. The van der Waals surface area contributed by atoms with Gasteiger partial charge in [-0.2, -0.15) is 0 Å². The molecule has 2 heterocycles. The van der Waals surface area contributed by atoms with Crippen LogP contribution in [0.3, 0.4) is 0 Å². The van der Waals surface area contributed by atoms with E-state index in [4.69, 9.17) is 5.73 Å². The maximum absolute atomic E-state index is 12.3. The number of aryl methyl sites for hydroxylation is 1. The average Bonchev–Trinajstić information content (AvgIpc) is 3.41. The van der Waals surface area contributed by atoms with Crippen molar-refractivity contribution in [2.75, 3.05) is 5.75 Å². The molecule has 41 heavy (non-hydrogen) atoms. The topological polar surface area (TPSA) is 78.0 Å². The van der Waals surface area contributed by atoms with Gasteiger partial charge in [-0.15, -0.1) is 0 Å². The lowest BCUT2D eigenvalue weighted by atomic mass is 10.1. The number of benzene rings is 3. The van der Waals surface area contributed by atoms with Crippen LogP contribution in [-0.4, -0.2) is 23.7 Å². The van der Waals surface area contributed by atoms with Crippen molar-refractivity contribution in [1.29, 1.82) is 0 Å². The number of nitrogens with zero attached hydrogens (tertiary/aromatic N) is 2. The van der Waals surface area contributed by atoms with Crippen LogP contribution in [0, 0.1) is 6.92 Å². The van der Waals surface area contributed by atoms with Gasteiger partial charge in [-0.1, -0.05) is 92.6 Å². The largest absolute Gasteiger partial charge is 0.332 e. The van der Waals surface area contributed by atoms with E-state index in [0.717, 1.165) is 54.1 Å². The van der Waals surface area contributed by atoms with Gasteiger partial charge in [0, 0.05) is 27.8 Å². The number of rotatable bonds is 12. The van der Waals surface area contributed by atoms with Crippen molar-refractivity contribution in [3.63, 3.8) is 0 Å². The quantitative estimate of drug-likeness (QED) is 0.139. The number of nitrogens with two attached hydrogens (primary N) is 1. The lowest BCUT2D eigenvalue weighted by Gasteiger charge is -2.15. The second-order valence-corrected chi connectivity index (χ2v) is 13.6. The summed E-state index contributed by atoms with van der Waals surface area (Å²) in [5.41, 5.74) is 9.71. The molecule has 1 atom stereocenters. The Morgan fingerprint density at radius 3 is 2.20 bits per heavy atom. The summed E-state index contributed by atoms with van der Waals surface area (Å²) in [6.45, 7) is 1.96. The second kappa shape index (κ2) is 15.3. The van der Waals surface area contributed by atoms with Crippen molar-refractivity contribution in [1.82, 2.24) is 9.55 Å². The highest BCUT2D eigenvalue weighted by Crippen LogP contribution is 2.21. The van der Waals surface area contributed by atoms with E-state index in [1.165, 1.54) is 29.1 Å². The number of sulfone groups is 1. The molecule has 2 N–H and O–H groups in total. The molecule has 0 amide bonds. The van der Waals surface area contributed by atoms with Crippen molar-refractivity contribution >= 4 is 47.6 Å². The molecule has 7 heteroatoms. The van der Waals surface area contributed by atoms with Gasteiger partial charge >= 0.3 is 0 Å². The van der Waals surface area contributed by atoms with Crippen molar-refractivity contribution in [2.45, 2.75) is 69.4 Å². The van der Waals surface area contributed by atoms with Gasteiger partial charge < -0.3 is 10.3 Å². The summed E-state index contributed by atoms with van der Waals surface area (Å²) in [5, 5.41) is 2.40. The molecule has 216 valence electrons. The maximum Gasteiger partial charge on any atom is 0.178 e. The van der Waals surface area contributed by atoms with E-state index in [9.17, 15) is 8.42 Å². The molecule has 0 radical (unpaired) electrons. The van der Waals surface area contributed by atoms with E-state index in [1.54, 1.807) is 12.1 Å². The summed E-state index contributed by atoms with van der Waals surface area (Å²) in [5.74, 6) is 0.246. The van der Waals surface area contributed by atoms with Crippen LogP contribution >= 0.6 is 15.9 Å². The molecule has 2 aromatic heterocycles. The molecule has 0 spiro atoms. The van der Waals surface area contributed by atoms with E-state index in [1.807, 2.05) is 49.5 Å². The third kappa shape index (κ3) is 9.25. The number of hydrogen-bond donors (Lipinski definition) is 1. The summed E-state index contributed by atoms with van der Waals surface area (Å²) >= 11 is 3.37. The summed E-state index contributed by atoms with van der Waals surface area (Å²) in [6.07, 6.45) is 12.3. The highest BCUT2D eigenvalue weighted by molar-refractivity contribution is 9.10. The SMILES string of the molecule is Brc1cnc2ccccc2c1.Cc1ccc(S(=O)(=O)CCCCCCCCCC(N)n2ccc3ccccc32)cc1. The van der Waals surface area contributed by atoms with E-state index in [-0.39, 0.29) is 11.9 Å². The number of fused-ring (bicyclic) bond motifs is 2. The van der Waals surface area contributed by atoms with Gasteiger partial charge in [-0.05, 0) is 77.5 Å². The lowest BCUT2D eigenvalue weighted by molar-refractivity contribution is 0.459.